The predicted octanol–water partition coefficient (Wildman–Crippen LogP) is -0.302. The van der Waals surface area contributed by atoms with Crippen LogP contribution in [0.2, 0.25) is 0 Å². The maximum absolute atomic E-state index is 12.0. The van der Waals surface area contributed by atoms with Crippen molar-refractivity contribution in [2.24, 2.45) is 5.73 Å². The average Bonchev–Trinajstić information content (AvgIpc) is 2.14. The van der Waals surface area contributed by atoms with E-state index in [1.807, 2.05) is 0 Å². The third-order valence-corrected chi connectivity index (χ3v) is 2.37. The van der Waals surface area contributed by atoms with E-state index >= 15 is 0 Å². The molecule has 0 saturated carbocycles. The van der Waals surface area contributed by atoms with Crippen molar-refractivity contribution in [2.75, 3.05) is 26.2 Å². The second-order valence-electron chi connectivity index (χ2n) is 3.52. The molecule has 0 aliphatic carbocycles. The number of halogens is 3. The Morgan fingerprint density at radius 2 is 2.20 bits per heavy atom. The Balaban J connectivity index is 2.46. The molecule has 1 aliphatic rings. The second-order valence-corrected chi connectivity index (χ2v) is 3.52. The van der Waals surface area contributed by atoms with Crippen LogP contribution in [0.5, 0.6) is 0 Å². The Hall–Kier alpha value is -0.820. The van der Waals surface area contributed by atoms with Gasteiger partial charge in [0.1, 0.15) is 6.04 Å². The largest absolute Gasteiger partial charge is 0.390 e. The van der Waals surface area contributed by atoms with Gasteiger partial charge in [-0.15, -0.1) is 0 Å². The number of primary amides is 1. The molecule has 1 atom stereocenters. The van der Waals surface area contributed by atoms with Gasteiger partial charge in [0, 0.05) is 26.2 Å². The maximum Gasteiger partial charge on any atom is 0.390 e. The standard InChI is InChI=1S/C8H14F3N3O/c9-8(10,11)1-3-14-4-2-13-5-6(14)7(12)15/h6,13H,1-5H2,(H2,12,15). The Kier molecular flexibility index (Phi) is 3.92. The fourth-order valence-electron chi connectivity index (χ4n) is 1.56. The zero-order valence-electron chi connectivity index (χ0n) is 8.18. The number of rotatable bonds is 3. The number of piperazine rings is 1. The highest BCUT2D eigenvalue weighted by Crippen LogP contribution is 2.20. The Labute approximate surface area is 85.6 Å². The molecule has 1 rings (SSSR count). The maximum atomic E-state index is 12.0. The van der Waals surface area contributed by atoms with Crippen LogP contribution in [0.15, 0.2) is 0 Å². The molecule has 15 heavy (non-hydrogen) atoms. The van der Waals surface area contributed by atoms with Gasteiger partial charge < -0.3 is 11.1 Å². The van der Waals surface area contributed by atoms with Crippen molar-refractivity contribution in [1.82, 2.24) is 10.2 Å². The van der Waals surface area contributed by atoms with Gasteiger partial charge in [0.15, 0.2) is 0 Å². The summed E-state index contributed by atoms with van der Waals surface area (Å²) in [6.45, 7) is 1.16. The number of nitrogens with zero attached hydrogens (tertiary/aromatic N) is 1. The average molecular weight is 225 g/mol. The van der Waals surface area contributed by atoms with Gasteiger partial charge in [-0.05, 0) is 0 Å². The monoisotopic (exact) mass is 225 g/mol. The van der Waals surface area contributed by atoms with E-state index in [4.69, 9.17) is 5.73 Å². The van der Waals surface area contributed by atoms with Crippen molar-refractivity contribution < 1.29 is 18.0 Å². The Morgan fingerprint density at radius 3 is 2.73 bits per heavy atom. The number of alkyl halides is 3. The van der Waals surface area contributed by atoms with Crippen molar-refractivity contribution in [2.45, 2.75) is 18.6 Å². The van der Waals surface area contributed by atoms with Crippen LogP contribution in [0.1, 0.15) is 6.42 Å². The molecule has 0 bridgehead atoms. The smallest absolute Gasteiger partial charge is 0.368 e. The molecule has 7 heteroatoms. The topological polar surface area (TPSA) is 58.4 Å². The van der Waals surface area contributed by atoms with Crippen LogP contribution in [-0.4, -0.2) is 49.2 Å². The highest BCUT2D eigenvalue weighted by atomic mass is 19.4. The van der Waals surface area contributed by atoms with E-state index in [1.165, 1.54) is 4.90 Å². The zero-order valence-corrected chi connectivity index (χ0v) is 8.18. The highest BCUT2D eigenvalue weighted by Gasteiger charge is 2.32. The summed E-state index contributed by atoms with van der Waals surface area (Å²) in [4.78, 5) is 12.4. The molecule has 1 unspecified atom stereocenters. The number of hydrogen-bond donors (Lipinski definition) is 2. The molecule has 4 nitrogen and oxygen atoms in total. The molecular formula is C8H14F3N3O. The minimum atomic E-state index is -4.19. The second kappa shape index (κ2) is 4.80. The molecule has 0 spiro atoms. The lowest BCUT2D eigenvalue weighted by molar-refractivity contribution is -0.142. The van der Waals surface area contributed by atoms with Crippen LogP contribution >= 0.6 is 0 Å². The third kappa shape index (κ3) is 4.05. The number of nitrogens with two attached hydrogens (primary N) is 1. The summed E-state index contributed by atoms with van der Waals surface area (Å²) in [7, 11) is 0. The first-order valence-corrected chi connectivity index (χ1v) is 4.71. The van der Waals surface area contributed by atoms with E-state index in [9.17, 15) is 18.0 Å². The number of carbonyl (C=O) groups is 1. The SMILES string of the molecule is NC(=O)C1CNCCN1CCC(F)(F)F. The van der Waals surface area contributed by atoms with Crippen LogP contribution in [0.4, 0.5) is 13.2 Å². The van der Waals surface area contributed by atoms with Crippen molar-refractivity contribution in [3.05, 3.63) is 0 Å². The van der Waals surface area contributed by atoms with Gasteiger partial charge in [-0.1, -0.05) is 0 Å². The first-order chi connectivity index (χ1) is 6.90. The summed E-state index contributed by atoms with van der Waals surface area (Å²) >= 11 is 0. The lowest BCUT2D eigenvalue weighted by Gasteiger charge is -2.34. The molecule has 1 fully saturated rings. The lowest BCUT2D eigenvalue weighted by Crippen LogP contribution is -2.57. The van der Waals surface area contributed by atoms with Gasteiger partial charge in [0.2, 0.25) is 5.91 Å². The van der Waals surface area contributed by atoms with Crippen LogP contribution < -0.4 is 11.1 Å². The van der Waals surface area contributed by atoms with E-state index in [1.54, 1.807) is 0 Å². The molecule has 0 aromatic rings. The molecule has 1 aliphatic heterocycles. The molecule has 0 radical (unpaired) electrons. The van der Waals surface area contributed by atoms with Crippen LogP contribution in [0, 0.1) is 0 Å². The zero-order chi connectivity index (χ0) is 11.5. The lowest BCUT2D eigenvalue weighted by atomic mass is 10.1. The van der Waals surface area contributed by atoms with E-state index < -0.39 is 24.5 Å². The Morgan fingerprint density at radius 1 is 1.53 bits per heavy atom. The van der Waals surface area contributed by atoms with Crippen LogP contribution in [0.25, 0.3) is 0 Å². The van der Waals surface area contributed by atoms with Crippen LogP contribution in [-0.2, 0) is 4.79 Å². The van der Waals surface area contributed by atoms with Gasteiger partial charge in [-0.2, -0.15) is 13.2 Å². The molecule has 1 heterocycles. The van der Waals surface area contributed by atoms with Crippen molar-refractivity contribution in [3.8, 4) is 0 Å². The summed E-state index contributed by atoms with van der Waals surface area (Å²) in [5, 5.41) is 2.92. The first kappa shape index (κ1) is 12.3. The van der Waals surface area contributed by atoms with Gasteiger partial charge in [-0.25, -0.2) is 0 Å². The molecule has 3 N–H and O–H groups in total. The summed E-state index contributed by atoms with van der Waals surface area (Å²) in [5.41, 5.74) is 5.10. The summed E-state index contributed by atoms with van der Waals surface area (Å²) in [5.74, 6) is -0.579. The third-order valence-electron chi connectivity index (χ3n) is 2.37. The molecule has 0 aromatic carbocycles. The molecule has 0 aromatic heterocycles. The first-order valence-electron chi connectivity index (χ1n) is 4.71. The quantitative estimate of drug-likeness (QED) is 0.693. The predicted molar refractivity (Wildman–Crippen MR) is 48.1 cm³/mol. The number of amides is 1. The summed E-state index contributed by atoms with van der Waals surface area (Å²) in [6.07, 6.45) is -5.09. The molecule has 1 amide bonds. The fraction of sp³-hybridized carbons (Fsp3) is 0.875. The minimum Gasteiger partial charge on any atom is -0.368 e. The minimum absolute atomic E-state index is 0.168. The van der Waals surface area contributed by atoms with E-state index in [0.717, 1.165) is 0 Å². The van der Waals surface area contributed by atoms with E-state index in [2.05, 4.69) is 5.32 Å². The van der Waals surface area contributed by atoms with Crippen molar-refractivity contribution >= 4 is 5.91 Å². The van der Waals surface area contributed by atoms with Gasteiger partial charge in [0.05, 0.1) is 6.42 Å². The van der Waals surface area contributed by atoms with Crippen molar-refractivity contribution in [1.29, 1.82) is 0 Å². The number of carbonyl (C=O) groups excluding carboxylic acids is 1. The number of nitrogens with one attached hydrogen (secondary N) is 1. The van der Waals surface area contributed by atoms with Gasteiger partial charge in [0.25, 0.3) is 0 Å². The van der Waals surface area contributed by atoms with Crippen LogP contribution in [0.3, 0.4) is 0 Å². The van der Waals surface area contributed by atoms with Crippen molar-refractivity contribution in [3.63, 3.8) is 0 Å². The molecule has 88 valence electrons. The van der Waals surface area contributed by atoms with E-state index in [0.29, 0.717) is 19.6 Å². The summed E-state index contributed by atoms with van der Waals surface area (Å²) < 4.78 is 35.9. The van der Waals surface area contributed by atoms with Gasteiger partial charge >= 0.3 is 6.18 Å². The summed E-state index contributed by atoms with van der Waals surface area (Å²) in [6, 6.07) is -0.624. The fourth-order valence-corrected chi connectivity index (χ4v) is 1.56. The normalized spacial score (nSPS) is 24.1. The molecular weight excluding hydrogens is 211 g/mol. The van der Waals surface area contributed by atoms with E-state index in [-0.39, 0.29) is 6.54 Å². The van der Waals surface area contributed by atoms with Gasteiger partial charge in [-0.3, -0.25) is 9.69 Å². The molecule has 1 saturated heterocycles. The Bertz CT molecular complexity index is 232. The number of hydrogen-bond acceptors (Lipinski definition) is 3. The highest BCUT2D eigenvalue weighted by molar-refractivity contribution is 5.80.